The maximum Gasteiger partial charge on any atom is 0.326 e. The smallest absolute Gasteiger partial charge is 0.326 e. The Morgan fingerprint density at radius 2 is 2.05 bits per heavy atom. The molecule has 2 fully saturated rings. The van der Waals surface area contributed by atoms with Crippen LogP contribution < -0.4 is 0 Å². The minimum Gasteiger partial charge on any atom is -0.480 e. The summed E-state index contributed by atoms with van der Waals surface area (Å²) >= 11 is 0. The number of carbonyl (C=O) groups is 2. The van der Waals surface area contributed by atoms with Gasteiger partial charge in [0.15, 0.2) is 0 Å². The molecule has 1 saturated carbocycles. The third kappa shape index (κ3) is 2.32. The maximum atomic E-state index is 12.3. The van der Waals surface area contributed by atoms with Gasteiger partial charge in [-0.15, -0.1) is 0 Å². The van der Waals surface area contributed by atoms with Crippen molar-refractivity contribution in [3.8, 4) is 0 Å². The van der Waals surface area contributed by atoms with Crippen LogP contribution in [0, 0.1) is 0 Å². The molecule has 0 aromatic carbocycles. The van der Waals surface area contributed by atoms with E-state index in [1.54, 1.807) is 12.3 Å². The largest absolute Gasteiger partial charge is 0.480 e. The van der Waals surface area contributed by atoms with Gasteiger partial charge < -0.3 is 10.0 Å². The Hall–Kier alpha value is -1.91. The second kappa shape index (κ2) is 4.64. The molecule has 19 heavy (non-hydrogen) atoms. The van der Waals surface area contributed by atoms with Crippen molar-refractivity contribution in [1.82, 2.24) is 9.88 Å². The Bertz CT molecular complexity index is 508. The summed E-state index contributed by atoms with van der Waals surface area (Å²) in [5.74, 6) is -0.595. The van der Waals surface area contributed by atoms with E-state index >= 15 is 0 Å². The van der Waals surface area contributed by atoms with E-state index in [-0.39, 0.29) is 5.91 Å². The standard InChI is InChI=1S/C14H16N2O3/c17-13(16-7-1-2-12(16)14(18)19)11-6-5-10(8-15-11)9-3-4-9/h5-6,8-9,12H,1-4,7H2,(H,18,19)/t12-/m0/s1. The van der Waals surface area contributed by atoms with Crippen LogP contribution in [0.15, 0.2) is 18.3 Å². The second-order valence-electron chi connectivity index (χ2n) is 5.25. The third-order valence-corrected chi connectivity index (χ3v) is 3.85. The second-order valence-corrected chi connectivity index (χ2v) is 5.25. The van der Waals surface area contributed by atoms with Gasteiger partial charge in [-0.3, -0.25) is 9.78 Å². The molecule has 100 valence electrons. The van der Waals surface area contributed by atoms with Gasteiger partial charge in [-0.05, 0) is 43.2 Å². The highest BCUT2D eigenvalue weighted by Gasteiger charge is 2.35. The van der Waals surface area contributed by atoms with E-state index in [4.69, 9.17) is 5.11 Å². The zero-order valence-corrected chi connectivity index (χ0v) is 10.6. The van der Waals surface area contributed by atoms with E-state index in [1.807, 2.05) is 6.07 Å². The first kappa shape index (κ1) is 12.1. The lowest BCUT2D eigenvalue weighted by Crippen LogP contribution is -2.40. The molecule has 3 rings (SSSR count). The summed E-state index contributed by atoms with van der Waals surface area (Å²) in [5.41, 5.74) is 1.52. The maximum absolute atomic E-state index is 12.3. The highest BCUT2D eigenvalue weighted by Crippen LogP contribution is 2.39. The highest BCUT2D eigenvalue weighted by molar-refractivity contribution is 5.95. The number of amides is 1. The van der Waals surface area contributed by atoms with Crippen LogP contribution in [-0.2, 0) is 4.79 Å². The van der Waals surface area contributed by atoms with Gasteiger partial charge in [-0.1, -0.05) is 6.07 Å². The normalized spacial score (nSPS) is 22.5. The number of aliphatic carboxylic acids is 1. The fourth-order valence-electron chi connectivity index (χ4n) is 2.60. The average molecular weight is 260 g/mol. The van der Waals surface area contributed by atoms with E-state index in [9.17, 15) is 9.59 Å². The molecule has 1 aliphatic carbocycles. The lowest BCUT2D eigenvalue weighted by molar-refractivity contribution is -0.141. The summed E-state index contributed by atoms with van der Waals surface area (Å²) in [6, 6.07) is 2.95. The first-order chi connectivity index (χ1) is 9.16. The topological polar surface area (TPSA) is 70.5 Å². The number of likely N-dealkylation sites (tertiary alicyclic amines) is 1. The third-order valence-electron chi connectivity index (χ3n) is 3.85. The van der Waals surface area contributed by atoms with Crippen LogP contribution in [0.5, 0.6) is 0 Å². The van der Waals surface area contributed by atoms with E-state index in [1.165, 1.54) is 23.3 Å². The Kier molecular flexibility index (Phi) is 2.97. The summed E-state index contributed by atoms with van der Waals surface area (Å²) in [7, 11) is 0. The summed E-state index contributed by atoms with van der Waals surface area (Å²) in [5, 5.41) is 9.09. The number of aromatic nitrogens is 1. The SMILES string of the molecule is O=C(O)[C@@H]1CCCN1C(=O)c1ccc(C2CC2)cn1. The molecule has 5 nitrogen and oxygen atoms in total. The molecule has 1 N–H and O–H groups in total. The molecule has 1 aromatic rings. The number of rotatable bonds is 3. The molecule has 0 unspecified atom stereocenters. The zero-order valence-electron chi connectivity index (χ0n) is 10.6. The van der Waals surface area contributed by atoms with Crippen LogP contribution in [0.3, 0.4) is 0 Å². The number of nitrogens with zero attached hydrogens (tertiary/aromatic N) is 2. The number of carboxylic acids is 1. The molecule has 1 amide bonds. The van der Waals surface area contributed by atoms with Crippen molar-refractivity contribution in [3.63, 3.8) is 0 Å². The number of hydrogen-bond acceptors (Lipinski definition) is 3. The lowest BCUT2D eigenvalue weighted by Gasteiger charge is -2.20. The van der Waals surface area contributed by atoms with Crippen molar-refractivity contribution >= 4 is 11.9 Å². The van der Waals surface area contributed by atoms with Crippen molar-refractivity contribution in [2.75, 3.05) is 6.54 Å². The molecule has 0 bridgehead atoms. The number of carbonyl (C=O) groups excluding carboxylic acids is 1. The Morgan fingerprint density at radius 3 is 2.63 bits per heavy atom. The van der Waals surface area contributed by atoms with Gasteiger partial charge in [-0.2, -0.15) is 0 Å². The number of hydrogen-bond donors (Lipinski definition) is 1. The average Bonchev–Trinajstić information content (AvgIpc) is 3.14. The van der Waals surface area contributed by atoms with Crippen molar-refractivity contribution < 1.29 is 14.7 Å². The fraction of sp³-hybridized carbons (Fsp3) is 0.500. The predicted molar refractivity (Wildman–Crippen MR) is 67.9 cm³/mol. The summed E-state index contributed by atoms with van der Waals surface area (Å²) in [6.45, 7) is 0.502. The molecule has 1 atom stereocenters. The van der Waals surface area contributed by atoms with Crippen LogP contribution in [0.25, 0.3) is 0 Å². The number of carboxylic acid groups (broad SMARTS) is 1. The Morgan fingerprint density at radius 1 is 1.26 bits per heavy atom. The molecule has 2 heterocycles. The summed E-state index contributed by atoms with van der Waals surface area (Å²) < 4.78 is 0. The lowest BCUT2D eigenvalue weighted by atomic mass is 10.1. The van der Waals surface area contributed by atoms with Crippen LogP contribution in [0.1, 0.15) is 47.7 Å². The highest BCUT2D eigenvalue weighted by atomic mass is 16.4. The molecule has 1 aliphatic heterocycles. The molecule has 0 radical (unpaired) electrons. The van der Waals surface area contributed by atoms with Gasteiger partial charge >= 0.3 is 5.97 Å². The monoisotopic (exact) mass is 260 g/mol. The molecule has 2 aliphatic rings. The first-order valence-corrected chi connectivity index (χ1v) is 6.66. The van der Waals surface area contributed by atoms with Crippen LogP contribution in [-0.4, -0.2) is 39.5 Å². The molecule has 5 heteroatoms. The minimum atomic E-state index is -0.930. The van der Waals surface area contributed by atoms with Gasteiger partial charge in [0.2, 0.25) is 0 Å². The van der Waals surface area contributed by atoms with Crippen molar-refractivity contribution in [2.45, 2.75) is 37.6 Å². The summed E-state index contributed by atoms with van der Waals surface area (Å²) in [4.78, 5) is 29.0. The van der Waals surface area contributed by atoms with Gasteiger partial charge in [0.05, 0.1) is 0 Å². The quantitative estimate of drug-likeness (QED) is 0.897. The predicted octanol–water partition coefficient (Wildman–Crippen LogP) is 1.65. The minimum absolute atomic E-state index is 0.271. The van der Waals surface area contributed by atoms with Gasteiger partial charge in [0.1, 0.15) is 11.7 Å². The van der Waals surface area contributed by atoms with Crippen LogP contribution in [0.2, 0.25) is 0 Å². The zero-order chi connectivity index (χ0) is 13.4. The van der Waals surface area contributed by atoms with E-state index in [0.29, 0.717) is 24.6 Å². The van der Waals surface area contributed by atoms with E-state index in [2.05, 4.69) is 4.98 Å². The van der Waals surface area contributed by atoms with Crippen molar-refractivity contribution in [1.29, 1.82) is 0 Å². The van der Waals surface area contributed by atoms with Crippen LogP contribution >= 0.6 is 0 Å². The van der Waals surface area contributed by atoms with E-state index < -0.39 is 12.0 Å². The van der Waals surface area contributed by atoms with Crippen molar-refractivity contribution in [2.24, 2.45) is 0 Å². The molecule has 1 aromatic heterocycles. The van der Waals surface area contributed by atoms with Crippen LogP contribution in [0.4, 0.5) is 0 Å². The van der Waals surface area contributed by atoms with Crippen molar-refractivity contribution in [3.05, 3.63) is 29.6 Å². The first-order valence-electron chi connectivity index (χ1n) is 6.66. The Labute approximate surface area is 111 Å². The Balaban J connectivity index is 1.77. The van der Waals surface area contributed by atoms with Gasteiger partial charge in [0.25, 0.3) is 5.91 Å². The molecule has 0 spiro atoms. The van der Waals surface area contributed by atoms with Gasteiger partial charge in [-0.25, -0.2) is 4.79 Å². The van der Waals surface area contributed by atoms with E-state index in [0.717, 1.165) is 6.42 Å². The molecular formula is C14H16N2O3. The molecule has 1 saturated heterocycles. The fourth-order valence-corrected chi connectivity index (χ4v) is 2.60. The van der Waals surface area contributed by atoms with Gasteiger partial charge in [0, 0.05) is 12.7 Å². The number of pyridine rings is 1. The summed E-state index contributed by atoms with van der Waals surface area (Å²) in [6.07, 6.45) is 5.41. The molecular weight excluding hydrogens is 244 g/mol.